The zero-order valence-corrected chi connectivity index (χ0v) is 13.0. The predicted molar refractivity (Wildman–Crippen MR) is 81.3 cm³/mol. The summed E-state index contributed by atoms with van der Waals surface area (Å²) in [4.78, 5) is 24.7. The average molecular weight is 305 g/mol. The Morgan fingerprint density at radius 1 is 1.41 bits per heavy atom. The fourth-order valence-corrected chi connectivity index (χ4v) is 3.37. The number of rotatable bonds is 6. The van der Waals surface area contributed by atoms with Crippen molar-refractivity contribution in [2.45, 2.75) is 57.8 Å². The van der Waals surface area contributed by atoms with Gasteiger partial charge in [-0.15, -0.1) is 0 Å². The highest BCUT2D eigenvalue weighted by Gasteiger charge is 2.44. The number of H-pyrrole nitrogens is 1. The molecule has 0 unspecified atom stereocenters. The van der Waals surface area contributed by atoms with E-state index in [9.17, 15) is 9.59 Å². The lowest BCUT2D eigenvalue weighted by Crippen LogP contribution is -2.36. The summed E-state index contributed by atoms with van der Waals surface area (Å²) in [5, 5.41) is 9.90. The van der Waals surface area contributed by atoms with E-state index in [2.05, 4.69) is 15.5 Å². The van der Waals surface area contributed by atoms with E-state index in [-0.39, 0.29) is 18.3 Å². The first kappa shape index (κ1) is 15.1. The van der Waals surface area contributed by atoms with E-state index in [0.717, 1.165) is 44.1 Å². The van der Waals surface area contributed by atoms with Crippen LogP contribution in [0.3, 0.4) is 0 Å². The maximum absolute atomic E-state index is 12.8. The zero-order valence-electron chi connectivity index (χ0n) is 13.0. The molecule has 6 heteroatoms. The van der Waals surface area contributed by atoms with E-state index in [1.165, 1.54) is 0 Å². The van der Waals surface area contributed by atoms with E-state index in [1.54, 1.807) is 13.1 Å². The number of hydrogen-bond donors (Lipinski definition) is 2. The maximum Gasteiger partial charge on any atom is 0.306 e. The fourth-order valence-electron chi connectivity index (χ4n) is 3.37. The topological polar surface area (TPSA) is 84.1 Å². The Kier molecular flexibility index (Phi) is 4.18. The zero-order chi connectivity index (χ0) is 15.6. The minimum Gasteiger partial charge on any atom is -0.466 e. The van der Waals surface area contributed by atoms with Crippen molar-refractivity contribution in [1.82, 2.24) is 10.2 Å². The van der Waals surface area contributed by atoms with Gasteiger partial charge in [0.1, 0.15) is 5.82 Å². The van der Waals surface area contributed by atoms with Crippen molar-refractivity contribution in [2.75, 3.05) is 11.9 Å². The van der Waals surface area contributed by atoms with Crippen molar-refractivity contribution >= 4 is 17.7 Å². The third-order valence-electron chi connectivity index (χ3n) is 4.75. The summed E-state index contributed by atoms with van der Waals surface area (Å²) in [5.74, 6) is 0.844. The van der Waals surface area contributed by atoms with E-state index in [0.29, 0.717) is 18.3 Å². The smallest absolute Gasteiger partial charge is 0.306 e. The van der Waals surface area contributed by atoms with Gasteiger partial charge in [-0.2, -0.15) is 5.10 Å². The summed E-state index contributed by atoms with van der Waals surface area (Å²) in [6, 6.07) is 0. The molecular formula is C16H23N3O3. The Balaban J connectivity index is 1.72. The molecule has 0 atom stereocenters. The molecule has 1 amide bonds. The fraction of sp³-hybridized carbons (Fsp3) is 0.688. The van der Waals surface area contributed by atoms with E-state index >= 15 is 0 Å². The Labute approximate surface area is 130 Å². The molecule has 2 aliphatic carbocycles. The van der Waals surface area contributed by atoms with Gasteiger partial charge in [-0.05, 0) is 38.5 Å². The normalized spacial score (nSPS) is 19.9. The molecule has 2 saturated carbocycles. The molecule has 0 saturated heterocycles. The Bertz CT molecular complexity index is 557. The van der Waals surface area contributed by atoms with Crippen LogP contribution in [0.2, 0.25) is 0 Å². The van der Waals surface area contributed by atoms with Gasteiger partial charge in [0.05, 0.1) is 24.6 Å². The number of hydrogen-bond acceptors (Lipinski definition) is 4. The van der Waals surface area contributed by atoms with Crippen LogP contribution in [0.25, 0.3) is 0 Å². The molecule has 1 heterocycles. The molecule has 120 valence electrons. The number of carbonyl (C=O) groups excluding carboxylic acids is 2. The monoisotopic (exact) mass is 305 g/mol. The minimum atomic E-state index is -0.627. The van der Waals surface area contributed by atoms with Crippen LogP contribution < -0.4 is 5.32 Å². The van der Waals surface area contributed by atoms with Gasteiger partial charge in [-0.3, -0.25) is 14.7 Å². The van der Waals surface area contributed by atoms with E-state index in [4.69, 9.17) is 4.74 Å². The second kappa shape index (κ2) is 6.10. The second-order valence-corrected chi connectivity index (χ2v) is 6.40. The molecule has 2 fully saturated rings. The van der Waals surface area contributed by atoms with Crippen LogP contribution in [0.1, 0.15) is 63.4 Å². The third kappa shape index (κ3) is 3.00. The number of aromatic amines is 1. The first-order chi connectivity index (χ1) is 10.6. The molecule has 0 bridgehead atoms. The lowest BCUT2D eigenvalue weighted by atomic mass is 9.81. The van der Waals surface area contributed by atoms with Crippen molar-refractivity contribution in [1.29, 1.82) is 0 Å². The standard InChI is InChI=1S/C16H23N3O3/c1-2-22-13(20)9-16(7-3-4-8-16)15(21)18-14-12(10-17-19-14)11-5-6-11/h10-11H,2-9H2,1H3,(H2,17,18,19,21). The average Bonchev–Trinajstić information content (AvgIpc) is 3.04. The van der Waals surface area contributed by atoms with Crippen molar-refractivity contribution in [3.05, 3.63) is 11.8 Å². The van der Waals surface area contributed by atoms with Gasteiger partial charge in [-0.25, -0.2) is 0 Å². The van der Waals surface area contributed by atoms with Crippen LogP contribution in [-0.4, -0.2) is 28.7 Å². The molecule has 2 N–H and O–H groups in total. The second-order valence-electron chi connectivity index (χ2n) is 6.40. The lowest BCUT2D eigenvalue weighted by molar-refractivity contribution is -0.148. The van der Waals surface area contributed by atoms with Crippen LogP contribution in [0, 0.1) is 5.41 Å². The first-order valence-electron chi connectivity index (χ1n) is 8.15. The number of nitrogens with zero attached hydrogens (tertiary/aromatic N) is 1. The predicted octanol–water partition coefficient (Wildman–Crippen LogP) is 2.74. The molecule has 1 aromatic rings. The number of nitrogens with one attached hydrogen (secondary N) is 2. The molecule has 0 aromatic carbocycles. The number of carbonyl (C=O) groups is 2. The van der Waals surface area contributed by atoms with Crippen LogP contribution >= 0.6 is 0 Å². The highest BCUT2D eigenvalue weighted by Crippen LogP contribution is 2.45. The van der Waals surface area contributed by atoms with Gasteiger partial charge in [0.15, 0.2) is 0 Å². The summed E-state index contributed by atoms with van der Waals surface area (Å²) >= 11 is 0. The number of ether oxygens (including phenoxy) is 1. The summed E-state index contributed by atoms with van der Waals surface area (Å²) in [7, 11) is 0. The molecule has 22 heavy (non-hydrogen) atoms. The highest BCUT2D eigenvalue weighted by molar-refractivity contribution is 5.97. The van der Waals surface area contributed by atoms with Gasteiger partial charge >= 0.3 is 5.97 Å². The maximum atomic E-state index is 12.8. The summed E-state index contributed by atoms with van der Waals surface area (Å²) in [5.41, 5.74) is 0.454. The Morgan fingerprint density at radius 2 is 2.14 bits per heavy atom. The SMILES string of the molecule is CCOC(=O)CC1(C(=O)Nc2[nH]ncc2C2CC2)CCCC1. The Hall–Kier alpha value is -1.85. The molecule has 3 rings (SSSR count). The summed E-state index contributed by atoms with van der Waals surface area (Å²) in [6.45, 7) is 2.13. The molecule has 2 aliphatic rings. The molecule has 0 aliphatic heterocycles. The molecule has 6 nitrogen and oxygen atoms in total. The van der Waals surface area contributed by atoms with Crippen molar-refractivity contribution in [3.63, 3.8) is 0 Å². The number of anilines is 1. The lowest BCUT2D eigenvalue weighted by Gasteiger charge is -2.26. The van der Waals surface area contributed by atoms with Gasteiger partial charge in [0, 0.05) is 5.56 Å². The number of esters is 1. The van der Waals surface area contributed by atoms with Crippen LogP contribution in [0.15, 0.2) is 6.20 Å². The summed E-state index contributed by atoms with van der Waals surface area (Å²) in [6.07, 6.45) is 7.69. The van der Waals surface area contributed by atoms with Gasteiger partial charge in [0.25, 0.3) is 0 Å². The molecule has 0 spiro atoms. The molecule has 1 aromatic heterocycles. The molecule has 0 radical (unpaired) electrons. The Morgan fingerprint density at radius 3 is 2.77 bits per heavy atom. The van der Waals surface area contributed by atoms with Crippen molar-refractivity contribution in [3.8, 4) is 0 Å². The minimum absolute atomic E-state index is 0.0794. The number of amides is 1. The van der Waals surface area contributed by atoms with Crippen LogP contribution in [0.5, 0.6) is 0 Å². The van der Waals surface area contributed by atoms with Crippen LogP contribution in [-0.2, 0) is 14.3 Å². The number of aromatic nitrogens is 2. The van der Waals surface area contributed by atoms with Crippen molar-refractivity contribution in [2.24, 2.45) is 5.41 Å². The van der Waals surface area contributed by atoms with E-state index in [1.807, 2.05) is 0 Å². The van der Waals surface area contributed by atoms with Crippen LogP contribution in [0.4, 0.5) is 5.82 Å². The highest BCUT2D eigenvalue weighted by atomic mass is 16.5. The first-order valence-corrected chi connectivity index (χ1v) is 8.15. The molecular weight excluding hydrogens is 282 g/mol. The quantitative estimate of drug-likeness (QED) is 0.791. The van der Waals surface area contributed by atoms with E-state index < -0.39 is 5.41 Å². The van der Waals surface area contributed by atoms with Gasteiger partial charge in [-0.1, -0.05) is 12.8 Å². The summed E-state index contributed by atoms with van der Waals surface area (Å²) < 4.78 is 5.05. The van der Waals surface area contributed by atoms with Gasteiger partial charge < -0.3 is 10.1 Å². The van der Waals surface area contributed by atoms with Gasteiger partial charge in [0.2, 0.25) is 5.91 Å². The third-order valence-corrected chi connectivity index (χ3v) is 4.75. The largest absolute Gasteiger partial charge is 0.466 e. The van der Waals surface area contributed by atoms with Crippen molar-refractivity contribution < 1.29 is 14.3 Å².